The fourth-order valence-electron chi connectivity index (χ4n) is 6.91. The predicted molar refractivity (Wildman–Crippen MR) is 150 cm³/mol. The van der Waals surface area contributed by atoms with Gasteiger partial charge in [0.15, 0.2) is 11.6 Å². The van der Waals surface area contributed by atoms with E-state index >= 15 is 0 Å². The average molecular weight is 519 g/mol. The van der Waals surface area contributed by atoms with E-state index in [1.165, 1.54) is 6.92 Å². The molecule has 5 nitrogen and oxygen atoms in total. The van der Waals surface area contributed by atoms with Crippen LogP contribution < -0.4 is 10.2 Å². The molecule has 0 bridgehead atoms. The van der Waals surface area contributed by atoms with Gasteiger partial charge in [-0.3, -0.25) is 14.4 Å². The molecule has 1 fully saturated rings. The van der Waals surface area contributed by atoms with Gasteiger partial charge in [0.1, 0.15) is 5.41 Å². The van der Waals surface area contributed by atoms with Gasteiger partial charge in [-0.25, -0.2) is 0 Å². The standard InChI is InChI=1S/C32H23ClN2O3/c1-18(36)29-28(30(37)22-10-4-6-12-24(22)33)32(23-11-5-7-13-25(23)34-31(32)38)27-17-15-21-20-9-3-2-8-19(20)14-16-26(21)35(27)29/h2-17,27-29H,1H3,(H,34,38)/t27-,28-,29-,32-/m1/s1. The van der Waals surface area contributed by atoms with Crippen LogP contribution in [0.1, 0.15) is 28.4 Å². The van der Waals surface area contributed by atoms with Crippen molar-refractivity contribution >= 4 is 57.3 Å². The molecule has 3 aliphatic rings. The second-order valence-electron chi connectivity index (χ2n) is 10.2. The van der Waals surface area contributed by atoms with Crippen LogP contribution in [-0.4, -0.2) is 29.6 Å². The van der Waals surface area contributed by atoms with E-state index in [9.17, 15) is 14.4 Å². The largest absolute Gasteiger partial charge is 0.352 e. The summed E-state index contributed by atoms with van der Waals surface area (Å²) in [4.78, 5) is 44.3. The van der Waals surface area contributed by atoms with E-state index in [4.69, 9.17) is 11.6 Å². The van der Waals surface area contributed by atoms with Gasteiger partial charge in [0.05, 0.1) is 23.0 Å². The molecule has 186 valence electrons. The summed E-state index contributed by atoms with van der Waals surface area (Å²) >= 11 is 6.52. The van der Waals surface area contributed by atoms with Crippen LogP contribution in [0.25, 0.3) is 16.8 Å². The topological polar surface area (TPSA) is 66.5 Å². The first-order valence-corrected chi connectivity index (χ1v) is 13.0. The second-order valence-corrected chi connectivity index (χ2v) is 10.6. The summed E-state index contributed by atoms with van der Waals surface area (Å²) in [5.74, 6) is -1.76. The highest BCUT2D eigenvalue weighted by Crippen LogP contribution is 2.58. The number of halogens is 1. The fraction of sp³-hybridized carbons (Fsp3) is 0.156. The van der Waals surface area contributed by atoms with Gasteiger partial charge in [0, 0.05) is 22.5 Å². The number of nitrogens with zero attached hydrogens (tertiary/aromatic N) is 1. The summed E-state index contributed by atoms with van der Waals surface area (Å²) in [7, 11) is 0. The highest BCUT2D eigenvalue weighted by molar-refractivity contribution is 6.34. The van der Waals surface area contributed by atoms with Crippen LogP contribution in [0.15, 0.2) is 91.0 Å². The van der Waals surface area contributed by atoms with Gasteiger partial charge in [0.2, 0.25) is 5.91 Å². The molecule has 4 atom stereocenters. The number of hydrogen-bond acceptors (Lipinski definition) is 4. The number of hydrogen-bond donors (Lipinski definition) is 1. The zero-order valence-electron chi connectivity index (χ0n) is 20.5. The number of anilines is 2. The van der Waals surface area contributed by atoms with Crippen LogP contribution in [-0.2, 0) is 15.0 Å². The maximum absolute atomic E-state index is 14.5. The van der Waals surface area contributed by atoms with Crippen LogP contribution in [0.3, 0.4) is 0 Å². The fourth-order valence-corrected chi connectivity index (χ4v) is 7.14. The Kier molecular flexibility index (Phi) is 4.91. The summed E-state index contributed by atoms with van der Waals surface area (Å²) in [5.41, 5.74) is 2.19. The molecule has 4 aromatic carbocycles. The lowest BCUT2D eigenvalue weighted by atomic mass is 9.64. The lowest BCUT2D eigenvalue weighted by molar-refractivity contribution is -0.122. The van der Waals surface area contributed by atoms with E-state index in [1.807, 2.05) is 71.6 Å². The van der Waals surface area contributed by atoms with Crippen molar-refractivity contribution in [3.63, 3.8) is 0 Å². The summed E-state index contributed by atoms with van der Waals surface area (Å²) in [5, 5.41) is 5.46. The van der Waals surface area contributed by atoms with Gasteiger partial charge in [-0.2, -0.15) is 0 Å². The third-order valence-electron chi connectivity index (χ3n) is 8.38. The van der Waals surface area contributed by atoms with Gasteiger partial charge in [-0.05, 0) is 47.5 Å². The van der Waals surface area contributed by atoms with E-state index in [2.05, 4.69) is 11.4 Å². The molecule has 7 rings (SSSR count). The normalized spacial score (nSPS) is 24.7. The zero-order valence-corrected chi connectivity index (χ0v) is 21.3. The third kappa shape index (κ3) is 2.85. The first kappa shape index (κ1) is 22.9. The highest BCUT2D eigenvalue weighted by atomic mass is 35.5. The third-order valence-corrected chi connectivity index (χ3v) is 8.71. The van der Waals surface area contributed by atoms with Crippen molar-refractivity contribution in [2.45, 2.75) is 24.4 Å². The average Bonchev–Trinajstić information content (AvgIpc) is 3.41. The number of ketones is 2. The van der Waals surface area contributed by atoms with Crippen molar-refractivity contribution < 1.29 is 14.4 Å². The minimum atomic E-state index is -1.32. The number of amides is 1. The maximum Gasteiger partial charge on any atom is 0.238 e. The van der Waals surface area contributed by atoms with Crippen molar-refractivity contribution in [2.75, 3.05) is 10.2 Å². The van der Waals surface area contributed by atoms with Gasteiger partial charge >= 0.3 is 0 Å². The molecule has 38 heavy (non-hydrogen) atoms. The molecule has 0 saturated carbocycles. The number of Topliss-reactive ketones (excluding diaryl/α,β-unsaturated/α-hetero) is 2. The minimum absolute atomic E-state index is 0.177. The molecule has 1 saturated heterocycles. The van der Waals surface area contributed by atoms with Crippen molar-refractivity contribution in [3.05, 3.63) is 113 Å². The molecule has 3 aliphatic heterocycles. The van der Waals surface area contributed by atoms with E-state index in [0.717, 1.165) is 27.6 Å². The monoisotopic (exact) mass is 518 g/mol. The summed E-state index contributed by atoms with van der Waals surface area (Å²) in [6, 6.07) is 25.0. The molecule has 0 unspecified atom stereocenters. The Morgan fingerprint density at radius 2 is 1.66 bits per heavy atom. The van der Waals surface area contributed by atoms with Crippen molar-refractivity contribution in [2.24, 2.45) is 5.92 Å². The van der Waals surface area contributed by atoms with E-state index < -0.39 is 23.4 Å². The molecule has 0 aliphatic carbocycles. The van der Waals surface area contributed by atoms with Gasteiger partial charge in [0.25, 0.3) is 0 Å². The predicted octanol–water partition coefficient (Wildman–Crippen LogP) is 6.06. The van der Waals surface area contributed by atoms with Gasteiger partial charge in [-0.1, -0.05) is 84.4 Å². The van der Waals surface area contributed by atoms with Crippen LogP contribution in [0, 0.1) is 5.92 Å². The maximum atomic E-state index is 14.5. The number of benzene rings is 4. The molecule has 0 radical (unpaired) electrons. The number of carbonyl (C=O) groups is 3. The summed E-state index contributed by atoms with van der Waals surface area (Å²) in [6.45, 7) is 1.51. The Morgan fingerprint density at radius 1 is 0.921 bits per heavy atom. The van der Waals surface area contributed by atoms with Crippen LogP contribution in [0.4, 0.5) is 11.4 Å². The molecular weight excluding hydrogens is 496 g/mol. The Labute approximate surface area is 224 Å². The van der Waals surface area contributed by atoms with Gasteiger partial charge in [-0.15, -0.1) is 0 Å². The number of carbonyl (C=O) groups excluding carboxylic acids is 3. The van der Waals surface area contributed by atoms with Crippen LogP contribution >= 0.6 is 11.6 Å². The van der Waals surface area contributed by atoms with Crippen LogP contribution in [0.5, 0.6) is 0 Å². The molecule has 0 aromatic heterocycles. The molecular formula is C32H23ClN2O3. The highest BCUT2D eigenvalue weighted by Gasteiger charge is 2.70. The minimum Gasteiger partial charge on any atom is -0.352 e. The summed E-state index contributed by atoms with van der Waals surface area (Å²) in [6.07, 6.45) is 4.03. The molecule has 1 amide bonds. The van der Waals surface area contributed by atoms with Crippen molar-refractivity contribution in [3.8, 4) is 0 Å². The molecule has 1 N–H and O–H groups in total. The van der Waals surface area contributed by atoms with Crippen molar-refractivity contribution in [1.29, 1.82) is 0 Å². The molecule has 4 aromatic rings. The van der Waals surface area contributed by atoms with E-state index in [1.54, 1.807) is 24.3 Å². The summed E-state index contributed by atoms with van der Waals surface area (Å²) < 4.78 is 0. The first-order chi connectivity index (χ1) is 18.4. The Bertz CT molecular complexity index is 1730. The number of rotatable bonds is 3. The smallest absolute Gasteiger partial charge is 0.238 e. The Balaban J connectivity index is 1.55. The molecule has 3 heterocycles. The number of nitrogens with one attached hydrogen (secondary N) is 1. The number of para-hydroxylation sites is 1. The zero-order chi connectivity index (χ0) is 26.2. The molecule has 6 heteroatoms. The van der Waals surface area contributed by atoms with Gasteiger partial charge < -0.3 is 10.2 Å². The quantitative estimate of drug-likeness (QED) is 0.335. The van der Waals surface area contributed by atoms with Crippen molar-refractivity contribution in [1.82, 2.24) is 0 Å². The second kappa shape index (κ2) is 8.14. The first-order valence-electron chi connectivity index (χ1n) is 12.6. The lowest BCUT2D eigenvalue weighted by Crippen LogP contribution is -2.51. The molecule has 1 spiro atoms. The Morgan fingerprint density at radius 3 is 2.47 bits per heavy atom. The SMILES string of the molecule is CC(=O)[C@@H]1[C@H](C(=O)c2ccccc2Cl)[C@]2(C(=O)Nc3ccccc32)[C@H]2C=Cc3c(ccc4ccccc34)N12. The Hall–Kier alpha value is -4.22. The van der Waals surface area contributed by atoms with E-state index in [-0.39, 0.29) is 17.5 Å². The lowest BCUT2D eigenvalue weighted by Gasteiger charge is -2.38. The van der Waals surface area contributed by atoms with Crippen LogP contribution in [0.2, 0.25) is 5.02 Å². The number of fused-ring (bicyclic) bond motifs is 8. The van der Waals surface area contributed by atoms with E-state index in [0.29, 0.717) is 16.3 Å².